The molecule has 1 aromatic heterocycles. The molecule has 1 heterocycles. The highest BCUT2D eigenvalue weighted by Crippen LogP contribution is 2.28. The summed E-state index contributed by atoms with van der Waals surface area (Å²) in [6.45, 7) is 2.57. The number of carbonyl (C=O) groups is 1. The second kappa shape index (κ2) is 11.2. The number of allylic oxidation sites excluding steroid dienone is 3. The number of thiazole rings is 1. The van der Waals surface area contributed by atoms with Crippen molar-refractivity contribution in [1.82, 2.24) is 4.57 Å². The van der Waals surface area contributed by atoms with E-state index in [1.807, 2.05) is 6.08 Å². The molecule has 0 fully saturated rings. The Bertz CT molecular complexity index is 599. The van der Waals surface area contributed by atoms with Gasteiger partial charge in [-0.1, -0.05) is 25.2 Å². The first-order valence-corrected chi connectivity index (χ1v) is 9.24. The molecule has 23 heavy (non-hydrogen) atoms. The maximum atomic E-state index is 10.5. The molecule has 0 aliphatic rings. The first-order valence-electron chi connectivity index (χ1n) is 8.02. The summed E-state index contributed by atoms with van der Waals surface area (Å²) in [5.41, 5.74) is 0. The van der Waals surface area contributed by atoms with Crippen molar-refractivity contribution in [2.45, 2.75) is 58.4 Å². The van der Waals surface area contributed by atoms with Crippen LogP contribution in [0.1, 0.15) is 56.7 Å². The lowest BCUT2D eigenvalue weighted by molar-refractivity contribution is -0.137. The van der Waals surface area contributed by atoms with Gasteiger partial charge < -0.3 is 10.2 Å². The minimum Gasteiger partial charge on any atom is -0.493 e. The average Bonchev–Trinajstić information content (AvgIpc) is 2.77. The number of aromatic hydroxyl groups is 1. The van der Waals surface area contributed by atoms with Crippen molar-refractivity contribution in [2.24, 2.45) is 0 Å². The third kappa shape index (κ3) is 7.61. The van der Waals surface area contributed by atoms with Crippen LogP contribution in [-0.4, -0.2) is 20.7 Å². The Morgan fingerprint density at radius 1 is 1.22 bits per heavy atom. The fraction of sp³-hybridized carbons (Fsp3) is 0.529. The second-order valence-electron chi connectivity index (χ2n) is 5.27. The van der Waals surface area contributed by atoms with E-state index in [1.54, 1.807) is 4.57 Å². The minimum atomic E-state index is -0.833. The van der Waals surface area contributed by atoms with Gasteiger partial charge in [0.2, 0.25) is 5.88 Å². The van der Waals surface area contributed by atoms with Crippen LogP contribution < -0.4 is 0 Å². The topological polar surface area (TPSA) is 62.5 Å². The summed E-state index contributed by atoms with van der Waals surface area (Å²) in [6.07, 6.45) is 14.4. The van der Waals surface area contributed by atoms with Gasteiger partial charge in [-0.05, 0) is 56.8 Å². The first kappa shape index (κ1) is 19.6. The molecule has 128 valence electrons. The predicted molar refractivity (Wildman–Crippen MR) is 98.6 cm³/mol. The maximum Gasteiger partial charge on any atom is 0.303 e. The van der Waals surface area contributed by atoms with Crippen LogP contribution in [0.4, 0.5) is 0 Å². The molecule has 2 N–H and O–H groups in total. The lowest BCUT2D eigenvalue weighted by Crippen LogP contribution is -2.01. The molecule has 0 amide bonds. The van der Waals surface area contributed by atoms with Crippen LogP contribution in [0, 0.1) is 3.95 Å². The molecule has 4 nitrogen and oxygen atoms in total. The zero-order chi connectivity index (χ0) is 17.1. The summed E-state index contributed by atoms with van der Waals surface area (Å²) >= 11 is 6.59. The monoisotopic (exact) mass is 355 g/mol. The third-order valence-corrected chi connectivity index (χ3v) is 4.73. The molecule has 0 bridgehead atoms. The molecule has 0 saturated carbocycles. The second-order valence-corrected chi connectivity index (χ2v) is 6.95. The van der Waals surface area contributed by atoms with Gasteiger partial charge in [0, 0.05) is 13.0 Å². The van der Waals surface area contributed by atoms with Gasteiger partial charge in [0.1, 0.15) is 0 Å². The lowest BCUT2D eigenvalue weighted by atomic mass is 10.1. The Labute approximate surface area is 146 Å². The fourth-order valence-corrected chi connectivity index (χ4v) is 3.40. The number of hydrogen-bond acceptors (Lipinski definition) is 4. The van der Waals surface area contributed by atoms with E-state index in [1.165, 1.54) is 17.8 Å². The molecular weight excluding hydrogens is 330 g/mol. The van der Waals surface area contributed by atoms with Gasteiger partial charge in [-0.15, -0.1) is 11.3 Å². The number of aromatic nitrogens is 1. The van der Waals surface area contributed by atoms with E-state index in [0.29, 0.717) is 16.9 Å². The fourth-order valence-electron chi connectivity index (χ4n) is 2.11. The smallest absolute Gasteiger partial charge is 0.303 e. The van der Waals surface area contributed by atoms with E-state index in [9.17, 15) is 9.90 Å². The van der Waals surface area contributed by atoms with Crippen molar-refractivity contribution in [2.75, 3.05) is 0 Å². The van der Waals surface area contributed by atoms with Gasteiger partial charge in [0.15, 0.2) is 3.95 Å². The van der Waals surface area contributed by atoms with Crippen LogP contribution in [0.3, 0.4) is 0 Å². The zero-order valence-corrected chi connectivity index (χ0v) is 15.2. The molecule has 1 rings (SSSR count). The highest BCUT2D eigenvalue weighted by atomic mass is 32.1. The Balaban J connectivity index is 2.45. The summed E-state index contributed by atoms with van der Waals surface area (Å²) in [5.74, 6) is -0.687. The summed E-state index contributed by atoms with van der Waals surface area (Å²) < 4.78 is 2.19. The standard InChI is InChI=1S/C17H25NO3S2/c1-2-3-4-5-6-7-8-9-11-14-16(21)18(17(22)23-14)13-10-12-15(19)20/h3-4,9,11,21H,2,5-8,10,12-13H2,1H3,(H,19,20). The van der Waals surface area contributed by atoms with Crippen LogP contribution in [0.25, 0.3) is 6.08 Å². The summed E-state index contributed by atoms with van der Waals surface area (Å²) in [5, 5.41) is 18.8. The number of carboxylic acid groups (broad SMARTS) is 1. The average molecular weight is 356 g/mol. The van der Waals surface area contributed by atoms with Crippen LogP contribution >= 0.6 is 23.6 Å². The van der Waals surface area contributed by atoms with Crippen molar-refractivity contribution in [3.63, 3.8) is 0 Å². The van der Waals surface area contributed by atoms with E-state index in [-0.39, 0.29) is 12.3 Å². The van der Waals surface area contributed by atoms with Gasteiger partial charge in [-0.25, -0.2) is 0 Å². The van der Waals surface area contributed by atoms with Crippen molar-refractivity contribution in [3.05, 3.63) is 27.1 Å². The molecule has 0 spiro atoms. The SMILES string of the molecule is CCC=CCCCCC=Cc1sc(=S)n(CCCC(=O)O)c1O. The van der Waals surface area contributed by atoms with Crippen molar-refractivity contribution in [1.29, 1.82) is 0 Å². The number of rotatable bonds is 11. The van der Waals surface area contributed by atoms with E-state index in [0.717, 1.165) is 30.6 Å². The summed E-state index contributed by atoms with van der Waals surface area (Å²) in [4.78, 5) is 11.3. The van der Waals surface area contributed by atoms with Crippen molar-refractivity contribution >= 4 is 35.6 Å². The van der Waals surface area contributed by atoms with E-state index in [2.05, 4.69) is 25.2 Å². The minimum absolute atomic E-state index is 0.0781. The van der Waals surface area contributed by atoms with Crippen molar-refractivity contribution < 1.29 is 15.0 Å². The van der Waals surface area contributed by atoms with Crippen LogP contribution in [0.15, 0.2) is 18.2 Å². The number of unbranched alkanes of at least 4 members (excludes halogenated alkanes) is 3. The number of nitrogens with zero attached hydrogens (tertiary/aromatic N) is 1. The van der Waals surface area contributed by atoms with E-state index in [4.69, 9.17) is 17.3 Å². The highest BCUT2D eigenvalue weighted by molar-refractivity contribution is 7.73. The quantitative estimate of drug-likeness (QED) is 0.317. The molecular formula is C17H25NO3S2. The maximum absolute atomic E-state index is 10.5. The first-order chi connectivity index (χ1) is 11.1. The Morgan fingerprint density at radius 2 is 1.91 bits per heavy atom. The zero-order valence-electron chi connectivity index (χ0n) is 13.5. The molecule has 0 aromatic carbocycles. The van der Waals surface area contributed by atoms with Gasteiger partial charge >= 0.3 is 5.97 Å². The third-order valence-electron chi connectivity index (χ3n) is 3.33. The van der Waals surface area contributed by atoms with Gasteiger partial charge in [-0.3, -0.25) is 9.36 Å². The normalized spacial score (nSPS) is 11.7. The molecule has 0 unspecified atom stereocenters. The van der Waals surface area contributed by atoms with E-state index < -0.39 is 5.97 Å². The molecule has 0 atom stereocenters. The lowest BCUT2D eigenvalue weighted by Gasteiger charge is -2.02. The Morgan fingerprint density at radius 3 is 2.57 bits per heavy atom. The summed E-state index contributed by atoms with van der Waals surface area (Å²) in [6, 6.07) is 0. The summed E-state index contributed by atoms with van der Waals surface area (Å²) in [7, 11) is 0. The Kier molecular flexibility index (Phi) is 9.55. The molecule has 1 aromatic rings. The van der Waals surface area contributed by atoms with E-state index >= 15 is 0 Å². The molecule has 6 heteroatoms. The molecule has 0 aliphatic carbocycles. The van der Waals surface area contributed by atoms with Crippen LogP contribution in [-0.2, 0) is 11.3 Å². The van der Waals surface area contributed by atoms with Gasteiger partial charge in [0.25, 0.3) is 0 Å². The van der Waals surface area contributed by atoms with Gasteiger partial charge in [0.05, 0.1) is 4.88 Å². The van der Waals surface area contributed by atoms with Crippen molar-refractivity contribution in [3.8, 4) is 5.88 Å². The highest BCUT2D eigenvalue weighted by Gasteiger charge is 2.09. The molecule has 0 aliphatic heterocycles. The largest absolute Gasteiger partial charge is 0.493 e. The van der Waals surface area contributed by atoms with Crippen LogP contribution in [0.2, 0.25) is 0 Å². The predicted octanol–water partition coefficient (Wildman–Crippen LogP) is 5.39. The van der Waals surface area contributed by atoms with Gasteiger partial charge in [-0.2, -0.15) is 0 Å². The molecule has 0 saturated heterocycles. The number of hydrogen-bond donors (Lipinski definition) is 2. The number of aliphatic carboxylic acids is 1. The molecule has 0 radical (unpaired) electrons. The number of carboxylic acids is 1. The Hall–Kier alpha value is -1.40. The van der Waals surface area contributed by atoms with Crippen LogP contribution in [0.5, 0.6) is 5.88 Å².